The van der Waals surface area contributed by atoms with Crippen molar-refractivity contribution in [3.05, 3.63) is 24.2 Å². The van der Waals surface area contributed by atoms with Crippen LogP contribution in [0.25, 0.3) is 0 Å². The van der Waals surface area contributed by atoms with Crippen LogP contribution in [-0.2, 0) is 10.0 Å². The van der Waals surface area contributed by atoms with Gasteiger partial charge in [0.25, 0.3) is 0 Å². The van der Waals surface area contributed by atoms with Crippen LogP contribution >= 0.6 is 11.8 Å². The Morgan fingerprint density at radius 3 is 2.76 bits per heavy atom. The maximum atomic E-state index is 12.2. The molecule has 2 heterocycles. The van der Waals surface area contributed by atoms with Gasteiger partial charge in [-0.3, -0.25) is 0 Å². The van der Waals surface area contributed by atoms with Crippen LogP contribution in [0.3, 0.4) is 0 Å². The summed E-state index contributed by atoms with van der Waals surface area (Å²) in [4.78, 5) is 0. The lowest BCUT2D eigenvalue weighted by Crippen LogP contribution is -2.36. The number of hydrogen-bond donors (Lipinski definition) is 0. The second kappa shape index (κ2) is 6.62. The first-order valence-corrected chi connectivity index (χ1v) is 9.13. The van der Waals surface area contributed by atoms with Gasteiger partial charge < -0.3 is 4.42 Å². The number of halogens is 3. The van der Waals surface area contributed by atoms with Gasteiger partial charge in [0, 0.05) is 18.8 Å². The zero-order valence-electron chi connectivity index (χ0n) is 11.2. The Morgan fingerprint density at radius 2 is 2.14 bits per heavy atom. The topological polar surface area (TPSA) is 50.5 Å². The van der Waals surface area contributed by atoms with Crippen molar-refractivity contribution in [1.29, 1.82) is 0 Å². The highest BCUT2D eigenvalue weighted by atomic mass is 32.2. The number of furan rings is 1. The molecule has 1 aromatic rings. The van der Waals surface area contributed by atoms with Gasteiger partial charge in [-0.25, -0.2) is 12.7 Å². The second-order valence-electron chi connectivity index (χ2n) is 4.74. The minimum absolute atomic E-state index is 0.0443. The molecule has 0 saturated carbocycles. The average molecular weight is 343 g/mol. The van der Waals surface area contributed by atoms with Crippen molar-refractivity contribution in [2.45, 2.75) is 24.3 Å². The zero-order chi connectivity index (χ0) is 15.5. The van der Waals surface area contributed by atoms with E-state index in [9.17, 15) is 21.6 Å². The number of alkyl halides is 3. The molecule has 1 fully saturated rings. The number of rotatable bonds is 4. The Balaban J connectivity index is 1.96. The van der Waals surface area contributed by atoms with Gasteiger partial charge in [-0.15, -0.1) is 11.8 Å². The minimum atomic E-state index is -4.45. The Kier molecular flexibility index (Phi) is 5.26. The Morgan fingerprint density at radius 1 is 1.38 bits per heavy atom. The Hall–Kier alpha value is -0.670. The van der Waals surface area contributed by atoms with Crippen LogP contribution in [0, 0.1) is 0 Å². The summed E-state index contributed by atoms with van der Waals surface area (Å²) >= 11 is 1.56. The summed E-state index contributed by atoms with van der Waals surface area (Å²) in [7, 11) is -3.86. The fraction of sp³-hybridized carbons (Fsp3) is 0.667. The molecule has 1 aromatic heterocycles. The van der Waals surface area contributed by atoms with E-state index < -0.39 is 28.4 Å². The Bertz CT molecular complexity index is 543. The van der Waals surface area contributed by atoms with Gasteiger partial charge in [-0.05, 0) is 18.6 Å². The zero-order valence-corrected chi connectivity index (χ0v) is 12.8. The molecule has 2 rings (SSSR count). The normalized spacial score (nSPS) is 22.1. The standard InChI is InChI=1S/C12H16F3NO3S2/c13-12(14,15)4-9-21(17,18)16-5-3-11(20-8-6-16)10-2-1-7-19-10/h1-2,7,11H,3-6,8-9H2. The van der Waals surface area contributed by atoms with Gasteiger partial charge in [0.15, 0.2) is 0 Å². The summed E-state index contributed by atoms with van der Waals surface area (Å²) in [5, 5.41) is 0.0443. The third-order valence-corrected chi connectivity index (χ3v) is 6.36. The van der Waals surface area contributed by atoms with E-state index in [4.69, 9.17) is 4.42 Å². The SMILES string of the molecule is O=S(=O)(CCC(F)(F)F)N1CCSC(c2ccco2)CC1. The maximum absolute atomic E-state index is 12.2. The molecule has 1 unspecified atom stereocenters. The van der Waals surface area contributed by atoms with Crippen molar-refractivity contribution in [3.8, 4) is 0 Å². The third-order valence-electron chi connectivity index (χ3n) is 3.20. The summed E-state index contributed by atoms with van der Waals surface area (Å²) in [6.45, 7) is 0.459. The van der Waals surface area contributed by atoms with Crippen LogP contribution < -0.4 is 0 Å². The highest BCUT2D eigenvalue weighted by molar-refractivity contribution is 7.99. The summed E-state index contributed by atoms with van der Waals surface area (Å²) in [5.41, 5.74) is 0. The number of nitrogens with zero attached hydrogens (tertiary/aromatic N) is 1. The fourth-order valence-electron chi connectivity index (χ4n) is 2.10. The molecule has 1 saturated heterocycles. The third kappa shape index (κ3) is 4.93. The predicted octanol–water partition coefficient (Wildman–Crippen LogP) is 3.04. The Labute approximate surface area is 125 Å². The van der Waals surface area contributed by atoms with Gasteiger partial charge in [0.05, 0.1) is 23.7 Å². The lowest BCUT2D eigenvalue weighted by Gasteiger charge is -2.20. The number of thioether (sulfide) groups is 1. The van der Waals surface area contributed by atoms with E-state index in [1.165, 1.54) is 0 Å². The van der Waals surface area contributed by atoms with Crippen LogP contribution in [0.4, 0.5) is 13.2 Å². The molecule has 0 N–H and O–H groups in total. The second-order valence-corrected chi connectivity index (χ2v) is 8.14. The molecule has 4 nitrogen and oxygen atoms in total. The van der Waals surface area contributed by atoms with Crippen LogP contribution in [0.2, 0.25) is 0 Å². The van der Waals surface area contributed by atoms with Gasteiger partial charge in [0.2, 0.25) is 10.0 Å². The first kappa shape index (κ1) is 16.7. The van der Waals surface area contributed by atoms with E-state index in [1.807, 2.05) is 6.07 Å². The van der Waals surface area contributed by atoms with Gasteiger partial charge in [-0.2, -0.15) is 13.2 Å². The molecule has 21 heavy (non-hydrogen) atoms. The summed E-state index contributed by atoms with van der Waals surface area (Å²) in [6, 6.07) is 3.59. The van der Waals surface area contributed by atoms with Crippen LogP contribution in [0.5, 0.6) is 0 Å². The first-order chi connectivity index (χ1) is 9.78. The van der Waals surface area contributed by atoms with E-state index in [1.54, 1.807) is 24.1 Å². The molecule has 1 aliphatic rings. The number of hydrogen-bond acceptors (Lipinski definition) is 4. The lowest BCUT2D eigenvalue weighted by molar-refractivity contribution is -0.130. The quantitative estimate of drug-likeness (QED) is 0.843. The van der Waals surface area contributed by atoms with Gasteiger partial charge in [-0.1, -0.05) is 0 Å². The van der Waals surface area contributed by atoms with Crippen molar-refractivity contribution in [2.24, 2.45) is 0 Å². The van der Waals surface area contributed by atoms with Crippen molar-refractivity contribution < 1.29 is 26.0 Å². The molecular formula is C12H16F3NO3S2. The van der Waals surface area contributed by atoms with Crippen LogP contribution in [-0.4, -0.2) is 43.5 Å². The molecule has 0 aliphatic carbocycles. The predicted molar refractivity (Wildman–Crippen MR) is 74.6 cm³/mol. The number of sulfonamides is 1. The molecule has 9 heteroatoms. The van der Waals surface area contributed by atoms with E-state index >= 15 is 0 Å². The highest BCUT2D eigenvalue weighted by Crippen LogP contribution is 2.35. The average Bonchev–Trinajstić information content (AvgIpc) is 2.80. The van der Waals surface area contributed by atoms with Crippen molar-refractivity contribution in [2.75, 3.05) is 24.6 Å². The van der Waals surface area contributed by atoms with Crippen molar-refractivity contribution >= 4 is 21.8 Å². The fourth-order valence-corrected chi connectivity index (χ4v) is 4.90. The largest absolute Gasteiger partial charge is 0.468 e. The van der Waals surface area contributed by atoms with E-state index in [-0.39, 0.29) is 18.3 Å². The molecule has 1 aliphatic heterocycles. The molecular weight excluding hydrogens is 327 g/mol. The molecule has 0 spiro atoms. The van der Waals surface area contributed by atoms with Gasteiger partial charge in [0.1, 0.15) is 5.76 Å². The van der Waals surface area contributed by atoms with Crippen LogP contribution in [0.1, 0.15) is 23.9 Å². The lowest BCUT2D eigenvalue weighted by atomic mass is 10.2. The molecule has 1 atom stereocenters. The maximum Gasteiger partial charge on any atom is 0.390 e. The molecule has 0 bridgehead atoms. The molecule has 0 radical (unpaired) electrons. The summed E-state index contributed by atoms with van der Waals surface area (Å²) < 4.78 is 67.0. The molecule has 120 valence electrons. The van der Waals surface area contributed by atoms with Gasteiger partial charge >= 0.3 is 6.18 Å². The summed E-state index contributed by atoms with van der Waals surface area (Å²) in [6.07, 6.45) is -3.67. The molecule has 0 amide bonds. The smallest absolute Gasteiger partial charge is 0.390 e. The van der Waals surface area contributed by atoms with Crippen LogP contribution in [0.15, 0.2) is 22.8 Å². The summed E-state index contributed by atoms with van der Waals surface area (Å²) in [5.74, 6) is 0.429. The van der Waals surface area contributed by atoms with E-state index in [2.05, 4.69) is 0 Å². The van der Waals surface area contributed by atoms with E-state index in [0.29, 0.717) is 12.2 Å². The monoisotopic (exact) mass is 343 g/mol. The van der Waals surface area contributed by atoms with Crippen molar-refractivity contribution in [3.63, 3.8) is 0 Å². The molecule has 0 aromatic carbocycles. The minimum Gasteiger partial charge on any atom is -0.468 e. The highest BCUT2D eigenvalue weighted by Gasteiger charge is 2.33. The van der Waals surface area contributed by atoms with E-state index in [0.717, 1.165) is 10.1 Å². The van der Waals surface area contributed by atoms with Crippen molar-refractivity contribution in [1.82, 2.24) is 4.31 Å². The first-order valence-electron chi connectivity index (χ1n) is 6.47.